The monoisotopic (exact) mass is 518 g/mol. The average Bonchev–Trinajstić information content (AvgIpc) is 3.65. The van der Waals surface area contributed by atoms with Crippen molar-refractivity contribution in [1.29, 1.82) is 0 Å². The van der Waals surface area contributed by atoms with Crippen LogP contribution in [0.4, 0.5) is 16.2 Å². The van der Waals surface area contributed by atoms with E-state index in [1.54, 1.807) is 38.1 Å². The summed E-state index contributed by atoms with van der Waals surface area (Å²) in [6.45, 7) is 2.93. The first-order chi connectivity index (χ1) is 18.2. The second-order valence-electron chi connectivity index (χ2n) is 9.40. The average molecular weight is 519 g/mol. The molecule has 38 heavy (non-hydrogen) atoms. The van der Waals surface area contributed by atoms with Gasteiger partial charge < -0.3 is 24.2 Å². The number of piperazine rings is 1. The van der Waals surface area contributed by atoms with Gasteiger partial charge in [0.05, 0.1) is 0 Å². The first kappa shape index (κ1) is 25.0. The van der Waals surface area contributed by atoms with Crippen molar-refractivity contribution in [1.82, 2.24) is 10.1 Å². The van der Waals surface area contributed by atoms with E-state index >= 15 is 0 Å². The van der Waals surface area contributed by atoms with Gasteiger partial charge in [-0.2, -0.15) is 0 Å². The zero-order valence-corrected chi connectivity index (χ0v) is 20.8. The highest BCUT2D eigenvalue weighted by Crippen LogP contribution is 2.43. The van der Waals surface area contributed by atoms with Crippen LogP contribution in [0, 0.1) is 6.92 Å². The topological polar surface area (TPSA) is 142 Å². The SMILES string of the molecule is Cc1noc(-c2ccc(N3CC(=O)N(C4(C(=O)O)CC4)CC3=O)cc2)c1NC(=O)OC(C)c1ccccc1. The number of benzene rings is 2. The Morgan fingerprint density at radius 3 is 2.37 bits per heavy atom. The van der Waals surface area contributed by atoms with E-state index in [0.717, 1.165) is 5.56 Å². The molecule has 2 heterocycles. The molecule has 0 spiro atoms. The van der Waals surface area contributed by atoms with Gasteiger partial charge in [-0.3, -0.25) is 14.9 Å². The molecule has 2 fully saturated rings. The number of carboxylic acids is 1. The number of aromatic nitrogens is 1. The fourth-order valence-corrected chi connectivity index (χ4v) is 4.55. The van der Waals surface area contributed by atoms with Crippen molar-refractivity contribution in [3.05, 3.63) is 65.9 Å². The van der Waals surface area contributed by atoms with Crippen LogP contribution >= 0.6 is 0 Å². The molecule has 11 nitrogen and oxygen atoms in total. The summed E-state index contributed by atoms with van der Waals surface area (Å²) in [4.78, 5) is 52.2. The molecule has 1 aromatic heterocycles. The van der Waals surface area contributed by atoms with Crippen LogP contribution in [0.5, 0.6) is 0 Å². The van der Waals surface area contributed by atoms with Gasteiger partial charge in [0.25, 0.3) is 0 Å². The van der Waals surface area contributed by atoms with E-state index in [-0.39, 0.29) is 19.0 Å². The van der Waals surface area contributed by atoms with Crippen molar-refractivity contribution in [3.63, 3.8) is 0 Å². The number of nitrogens with zero attached hydrogens (tertiary/aromatic N) is 3. The molecule has 0 radical (unpaired) electrons. The lowest BCUT2D eigenvalue weighted by atomic mass is 10.1. The Labute approximate surface area is 218 Å². The largest absolute Gasteiger partial charge is 0.479 e. The highest BCUT2D eigenvalue weighted by Gasteiger charge is 2.58. The highest BCUT2D eigenvalue weighted by molar-refractivity contribution is 6.06. The van der Waals surface area contributed by atoms with Crippen LogP contribution in [0.1, 0.15) is 37.1 Å². The van der Waals surface area contributed by atoms with Gasteiger partial charge in [0, 0.05) is 11.3 Å². The van der Waals surface area contributed by atoms with Crippen LogP contribution in [0.15, 0.2) is 59.1 Å². The van der Waals surface area contributed by atoms with Crippen molar-refractivity contribution in [2.24, 2.45) is 0 Å². The van der Waals surface area contributed by atoms with Gasteiger partial charge >= 0.3 is 12.1 Å². The zero-order valence-electron chi connectivity index (χ0n) is 20.8. The predicted molar refractivity (Wildman–Crippen MR) is 135 cm³/mol. The molecule has 1 aliphatic heterocycles. The Morgan fingerprint density at radius 1 is 1.05 bits per heavy atom. The van der Waals surface area contributed by atoms with Crippen molar-refractivity contribution in [2.75, 3.05) is 23.3 Å². The molecule has 2 aromatic carbocycles. The van der Waals surface area contributed by atoms with Crippen LogP contribution < -0.4 is 10.2 Å². The minimum Gasteiger partial charge on any atom is -0.479 e. The van der Waals surface area contributed by atoms with Crippen molar-refractivity contribution < 1.29 is 33.5 Å². The number of carbonyl (C=O) groups is 4. The third-order valence-corrected chi connectivity index (χ3v) is 6.91. The van der Waals surface area contributed by atoms with E-state index in [0.29, 0.717) is 41.2 Å². The van der Waals surface area contributed by atoms with Gasteiger partial charge in [-0.25, -0.2) is 9.59 Å². The summed E-state index contributed by atoms with van der Waals surface area (Å²) in [6, 6.07) is 16.0. The minimum absolute atomic E-state index is 0.243. The van der Waals surface area contributed by atoms with Gasteiger partial charge in [0.1, 0.15) is 36.1 Å². The first-order valence-corrected chi connectivity index (χ1v) is 12.1. The van der Waals surface area contributed by atoms with Crippen LogP contribution in [0.25, 0.3) is 11.3 Å². The summed E-state index contributed by atoms with van der Waals surface area (Å²) >= 11 is 0. The summed E-state index contributed by atoms with van der Waals surface area (Å²) < 4.78 is 11.0. The maximum absolute atomic E-state index is 12.8. The van der Waals surface area contributed by atoms with Crippen molar-refractivity contribution in [3.8, 4) is 11.3 Å². The lowest BCUT2D eigenvalue weighted by Crippen LogP contribution is -2.60. The quantitative estimate of drug-likeness (QED) is 0.482. The second-order valence-corrected chi connectivity index (χ2v) is 9.40. The molecule has 1 saturated heterocycles. The Balaban J connectivity index is 1.28. The molecule has 11 heteroatoms. The number of ether oxygens (including phenoxy) is 1. The number of carbonyl (C=O) groups excluding carboxylic acids is 3. The maximum atomic E-state index is 12.8. The van der Waals surface area contributed by atoms with Gasteiger partial charge in [0.15, 0.2) is 5.76 Å². The number of anilines is 2. The molecule has 2 N–H and O–H groups in total. The summed E-state index contributed by atoms with van der Waals surface area (Å²) in [5.41, 5.74) is 1.47. The zero-order chi connectivity index (χ0) is 27.0. The van der Waals surface area contributed by atoms with E-state index in [1.807, 2.05) is 30.3 Å². The number of rotatable bonds is 7. The molecule has 2 aliphatic rings. The number of aryl methyl sites for hydroxylation is 1. The number of hydrogen-bond acceptors (Lipinski definition) is 7. The minimum atomic E-state index is -1.25. The molecule has 1 unspecified atom stereocenters. The Bertz CT molecular complexity index is 1400. The van der Waals surface area contributed by atoms with E-state index < -0.39 is 29.6 Å². The third-order valence-electron chi connectivity index (χ3n) is 6.91. The Morgan fingerprint density at radius 2 is 1.74 bits per heavy atom. The summed E-state index contributed by atoms with van der Waals surface area (Å²) in [5.74, 6) is -1.54. The lowest BCUT2D eigenvalue weighted by Gasteiger charge is -2.37. The van der Waals surface area contributed by atoms with Crippen molar-refractivity contribution >= 4 is 35.3 Å². The molecule has 1 atom stereocenters. The number of nitrogens with one attached hydrogen (secondary N) is 1. The number of carboxylic acid groups (broad SMARTS) is 1. The molecular weight excluding hydrogens is 492 g/mol. The maximum Gasteiger partial charge on any atom is 0.412 e. The van der Waals surface area contributed by atoms with E-state index in [9.17, 15) is 24.3 Å². The standard InChI is InChI=1S/C27H26N4O7/c1-16-23(28-26(36)37-17(2)18-6-4-3-5-7-18)24(38-29-16)19-8-10-20(11-9-19)30-14-22(33)31(15-21(30)32)27(12-13-27)25(34)35/h3-11,17H,12-15H2,1-2H3,(H,28,36)(H,34,35). The summed E-state index contributed by atoms with van der Waals surface area (Å²) in [6.07, 6.45) is -0.434. The first-order valence-electron chi connectivity index (χ1n) is 12.1. The van der Waals surface area contributed by atoms with Gasteiger partial charge in [-0.15, -0.1) is 0 Å². The molecule has 3 amide bonds. The highest BCUT2D eigenvalue weighted by atomic mass is 16.6. The molecule has 3 aromatic rings. The molecule has 196 valence electrons. The number of aliphatic carboxylic acids is 1. The van der Waals surface area contributed by atoms with Crippen LogP contribution in [0.2, 0.25) is 0 Å². The van der Waals surface area contributed by atoms with E-state index in [2.05, 4.69) is 10.5 Å². The summed E-state index contributed by atoms with van der Waals surface area (Å²) in [7, 11) is 0. The lowest BCUT2D eigenvalue weighted by molar-refractivity contribution is -0.154. The fourth-order valence-electron chi connectivity index (χ4n) is 4.55. The second kappa shape index (κ2) is 9.66. The molecule has 0 bridgehead atoms. The third kappa shape index (κ3) is 4.58. The Hall–Kier alpha value is -4.67. The van der Waals surface area contributed by atoms with Crippen LogP contribution in [-0.2, 0) is 19.1 Å². The van der Waals surface area contributed by atoms with Crippen LogP contribution in [-0.4, -0.2) is 57.7 Å². The van der Waals surface area contributed by atoms with Gasteiger partial charge in [-0.1, -0.05) is 35.5 Å². The predicted octanol–water partition coefficient (Wildman–Crippen LogP) is 3.75. The molecule has 5 rings (SSSR count). The number of amides is 3. The van der Waals surface area contributed by atoms with Gasteiger partial charge in [0.2, 0.25) is 11.8 Å². The van der Waals surface area contributed by atoms with E-state index in [1.165, 1.54) is 9.80 Å². The summed E-state index contributed by atoms with van der Waals surface area (Å²) in [5, 5.41) is 16.2. The fraction of sp³-hybridized carbons (Fsp3) is 0.296. The molecular formula is C27H26N4O7. The molecule has 1 aliphatic carbocycles. The Kier molecular flexibility index (Phi) is 6.35. The van der Waals surface area contributed by atoms with Crippen molar-refractivity contribution in [2.45, 2.75) is 38.3 Å². The molecule has 1 saturated carbocycles. The normalized spacial score (nSPS) is 17.2. The van der Waals surface area contributed by atoms with Gasteiger partial charge in [-0.05, 0) is 56.5 Å². The number of hydrogen-bond donors (Lipinski definition) is 2. The smallest absolute Gasteiger partial charge is 0.412 e. The van der Waals surface area contributed by atoms with Crippen LogP contribution in [0.3, 0.4) is 0 Å². The van der Waals surface area contributed by atoms with E-state index in [4.69, 9.17) is 9.26 Å².